The van der Waals surface area contributed by atoms with Gasteiger partial charge in [-0.2, -0.15) is 0 Å². The number of hydrogen-bond acceptors (Lipinski definition) is 3. The first-order valence-electron chi connectivity index (χ1n) is 8.59. The Morgan fingerprint density at radius 1 is 1.19 bits per heavy atom. The smallest absolute Gasteiger partial charge is 0.251 e. The zero-order valence-corrected chi connectivity index (χ0v) is 15.8. The Balaban J connectivity index is 1.53. The minimum Gasteiger partial charge on any atom is -0.347 e. The van der Waals surface area contributed by atoms with Gasteiger partial charge < -0.3 is 5.32 Å². The lowest BCUT2D eigenvalue weighted by Crippen LogP contribution is -2.22. The van der Waals surface area contributed by atoms with Crippen molar-refractivity contribution in [2.45, 2.75) is 20.4 Å². The Hall–Kier alpha value is -2.99. The highest BCUT2D eigenvalue weighted by molar-refractivity contribution is 7.17. The number of halogens is 1. The summed E-state index contributed by atoms with van der Waals surface area (Å²) in [5, 5.41) is 2.98. The highest BCUT2D eigenvalue weighted by atomic mass is 32.1. The molecule has 6 heteroatoms. The lowest BCUT2D eigenvalue weighted by Gasteiger charge is -2.05. The Kier molecular flexibility index (Phi) is 4.49. The van der Waals surface area contributed by atoms with E-state index in [-0.39, 0.29) is 11.7 Å². The number of hydrogen-bond donors (Lipinski definition) is 1. The van der Waals surface area contributed by atoms with Gasteiger partial charge in [0.15, 0.2) is 4.96 Å². The summed E-state index contributed by atoms with van der Waals surface area (Å²) in [4.78, 5) is 18.9. The van der Waals surface area contributed by atoms with Crippen molar-refractivity contribution in [2.24, 2.45) is 0 Å². The van der Waals surface area contributed by atoms with E-state index in [0.29, 0.717) is 12.1 Å². The van der Waals surface area contributed by atoms with Crippen molar-refractivity contribution in [3.8, 4) is 11.3 Å². The van der Waals surface area contributed by atoms with Crippen molar-refractivity contribution in [1.82, 2.24) is 14.7 Å². The van der Waals surface area contributed by atoms with Crippen LogP contribution in [0.2, 0.25) is 0 Å². The lowest BCUT2D eigenvalue weighted by molar-refractivity contribution is 0.0951. The fourth-order valence-electron chi connectivity index (χ4n) is 2.97. The maximum Gasteiger partial charge on any atom is 0.251 e. The first kappa shape index (κ1) is 17.4. The molecule has 0 aliphatic carbocycles. The van der Waals surface area contributed by atoms with E-state index in [9.17, 15) is 9.18 Å². The molecular weight excluding hydrogens is 361 g/mol. The maximum absolute atomic E-state index is 13.1. The fraction of sp³-hybridized carbons (Fsp3) is 0.143. The summed E-state index contributed by atoms with van der Waals surface area (Å²) >= 11 is 1.55. The molecule has 4 rings (SSSR count). The number of carbonyl (C=O) groups is 1. The van der Waals surface area contributed by atoms with Gasteiger partial charge in [0.1, 0.15) is 5.82 Å². The van der Waals surface area contributed by atoms with E-state index in [4.69, 9.17) is 0 Å². The molecule has 27 heavy (non-hydrogen) atoms. The zero-order chi connectivity index (χ0) is 19.0. The number of nitrogens with zero attached hydrogens (tertiary/aromatic N) is 2. The number of amides is 1. The number of rotatable bonds is 4. The second-order valence-electron chi connectivity index (χ2n) is 6.45. The van der Waals surface area contributed by atoms with Crippen molar-refractivity contribution >= 4 is 22.2 Å². The number of imidazole rings is 1. The van der Waals surface area contributed by atoms with E-state index in [0.717, 1.165) is 32.4 Å². The largest absolute Gasteiger partial charge is 0.347 e. The zero-order valence-electron chi connectivity index (χ0n) is 15.0. The average Bonchev–Trinajstić information content (AvgIpc) is 3.20. The van der Waals surface area contributed by atoms with Gasteiger partial charge in [-0.3, -0.25) is 9.20 Å². The molecule has 0 aliphatic heterocycles. The van der Waals surface area contributed by atoms with Crippen molar-refractivity contribution in [3.63, 3.8) is 0 Å². The van der Waals surface area contributed by atoms with Crippen LogP contribution >= 0.6 is 11.3 Å². The van der Waals surface area contributed by atoms with Crippen LogP contribution in [0.3, 0.4) is 0 Å². The third kappa shape index (κ3) is 3.48. The van der Waals surface area contributed by atoms with Gasteiger partial charge in [-0.1, -0.05) is 29.0 Å². The van der Waals surface area contributed by atoms with E-state index in [2.05, 4.69) is 10.3 Å². The minimum atomic E-state index is -0.261. The van der Waals surface area contributed by atoms with Gasteiger partial charge in [0.25, 0.3) is 5.91 Å². The second kappa shape index (κ2) is 6.96. The number of carbonyl (C=O) groups excluding carboxylic acids is 1. The average molecular weight is 379 g/mol. The topological polar surface area (TPSA) is 46.4 Å². The molecule has 0 saturated heterocycles. The van der Waals surface area contributed by atoms with E-state index in [1.807, 2.05) is 48.7 Å². The number of fused-ring (bicyclic) bond motifs is 1. The number of aromatic nitrogens is 2. The number of thiazole rings is 1. The number of nitrogens with one attached hydrogen (secondary N) is 1. The van der Waals surface area contributed by atoms with Crippen LogP contribution in [-0.4, -0.2) is 15.3 Å². The van der Waals surface area contributed by atoms with Crippen LogP contribution in [0.25, 0.3) is 16.2 Å². The van der Waals surface area contributed by atoms with Crippen LogP contribution in [0.1, 0.15) is 26.5 Å². The molecule has 0 aliphatic rings. The summed E-state index contributed by atoms with van der Waals surface area (Å²) in [6.45, 7) is 4.43. The maximum atomic E-state index is 13.1. The van der Waals surface area contributed by atoms with E-state index >= 15 is 0 Å². The fourth-order valence-corrected chi connectivity index (χ4v) is 4.01. The van der Waals surface area contributed by atoms with Crippen molar-refractivity contribution in [2.75, 3.05) is 0 Å². The highest BCUT2D eigenvalue weighted by Crippen LogP contribution is 2.27. The van der Waals surface area contributed by atoms with Crippen LogP contribution in [0.5, 0.6) is 0 Å². The summed E-state index contributed by atoms with van der Waals surface area (Å²) < 4.78 is 15.1. The minimum absolute atomic E-state index is 0.0869. The molecule has 1 amide bonds. The Morgan fingerprint density at radius 2 is 1.96 bits per heavy atom. The molecule has 0 fully saturated rings. The molecule has 0 atom stereocenters. The van der Waals surface area contributed by atoms with E-state index in [1.165, 1.54) is 12.1 Å². The van der Waals surface area contributed by atoms with Crippen LogP contribution in [-0.2, 0) is 6.54 Å². The van der Waals surface area contributed by atoms with Gasteiger partial charge in [-0.05, 0) is 50.2 Å². The molecule has 2 aromatic carbocycles. The molecule has 2 aromatic heterocycles. The summed E-state index contributed by atoms with van der Waals surface area (Å²) in [5.41, 5.74) is 4.44. The van der Waals surface area contributed by atoms with Gasteiger partial charge in [0, 0.05) is 27.9 Å². The molecule has 4 aromatic rings. The predicted octanol–water partition coefficient (Wildman–Crippen LogP) is 4.75. The van der Waals surface area contributed by atoms with E-state index < -0.39 is 0 Å². The normalized spacial score (nSPS) is 11.1. The molecular formula is C21H18FN3OS. The van der Waals surface area contributed by atoms with Crippen molar-refractivity contribution < 1.29 is 9.18 Å². The van der Waals surface area contributed by atoms with Crippen LogP contribution in [0, 0.1) is 19.7 Å². The molecule has 4 nitrogen and oxygen atoms in total. The molecule has 0 bridgehead atoms. The molecule has 136 valence electrons. The number of benzene rings is 2. The first-order valence-corrected chi connectivity index (χ1v) is 9.41. The molecule has 0 spiro atoms. The Bertz CT molecular complexity index is 1130. The van der Waals surface area contributed by atoms with Crippen molar-refractivity contribution in [3.05, 3.63) is 82.2 Å². The van der Waals surface area contributed by atoms with Crippen molar-refractivity contribution in [1.29, 1.82) is 0 Å². The van der Waals surface area contributed by atoms with Crippen LogP contribution in [0.15, 0.2) is 54.7 Å². The molecule has 0 saturated carbocycles. The summed E-state index contributed by atoms with van der Waals surface area (Å²) in [7, 11) is 0. The highest BCUT2D eigenvalue weighted by Gasteiger charge is 2.14. The van der Waals surface area contributed by atoms with Gasteiger partial charge in [0.2, 0.25) is 0 Å². The quantitative estimate of drug-likeness (QED) is 0.556. The Labute approximate surface area is 160 Å². The van der Waals surface area contributed by atoms with E-state index in [1.54, 1.807) is 23.5 Å². The molecule has 0 unspecified atom stereocenters. The Morgan fingerprint density at radius 3 is 2.67 bits per heavy atom. The standard InChI is InChI=1S/C21H18FN3OS/c1-13-4-3-5-16(10-13)20(26)23-11-19-14(2)25-12-18(24-21(25)27-19)15-6-8-17(22)9-7-15/h3-10,12H,11H2,1-2H3,(H,23,26). The second-order valence-corrected chi connectivity index (χ2v) is 7.51. The predicted molar refractivity (Wildman–Crippen MR) is 106 cm³/mol. The third-order valence-electron chi connectivity index (χ3n) is 4.48. The summed E-state index contributed by atoms with van der Waals surface area (Å²) in [6.07, 6.45) is 1.94. The van der Waals surface area contributed by atoms with Gasteiger partial charge >= 0.3 is 0 Å². The van der Waals surface area contributed by atoms with Gasteiger partial charge in [-0.15, -0.1) is 0 Å². The monoisotopic (exact) mass is 379 g/mol. The summed E-state index contributed by atoms with van der Waals surface area (Å²) in [6, 6.07) is 13.8. The van der Waals surface area contributed by atoms with Crippen LogP contribution in [0.4, 0.5) is 4.39 Å². The van der Waals surface area contributed by atoms with Gasteiger partial charge in [-0.25, -0.2) is 9.37 Å². The SMILES string of the molecule is Cc1cccc(C(=O)NCc2sc3nc(-c4ccc(F)cc4)cn3c2C)c1. The van der Waals surface area contributed by atoms with Crippen LogP contribution < -0.4 is 5.32 Å². The summed E-state index contributed by atoms with van der Waals surface area (Å²) in [5.74, 6) is -0.348. The van der Waals surface area contributed by atoms with Gasteiger partial charge in [0.05, 0.1) is 12.2 Å². The molecule has 2 heterocycles. The molecule has 0 radical (unpaired) electrons. The number of aryl methyl sites for hydroxylation is 2. The lowest BCUT2D eigenvalue weighted by atomic mass is 10.1. The third-order valence-corrected chi connectivity index (χ3v) is 5.64. The first-order chi connectivity index (χ1) is 13.0. The molecule has 1 N–H and O–H groups in total.